The van der Waals surface area contributed by atoms with Gasteiger partial charge in [0.1, 0.15) is 0 Å². The SMILES string of the molecule is O=C(NCCC1CCCC1)NCC1(C(=O)O)CCCCC1. The minimum Gasteiger partial charge on any atom is -0.481 e. The van der Waals surface area contributed by atoms with Gasteiger partial charge >= 0.3 is 12.0 Å². The van der Waals surface area contributed by atoms with Crippen LogP contribution in [0.4, 0.5) is 4.79 Å². The van der Waals surface area contributed by atoms with E-state index in [9.17, 15) is 14.7 Å². The zero-order valence-electron chi connectivity index (χ0n) is 12.8. The molecule has 0 aromatic heterocycles. The van der Waals surface area contributed by atoms with Gasteiger partial charge in [-0.05, 0) is 25.2 Å². The van der Waals surface area contributed by atoms with Gasteiger partial charge < -0.3 is 15.7 Å². The van der Waals surface area contributed by atoms with E-state index < -0.39 is 11.4 Å². The second-order valence-corrected chi connectivity index (χ2v) is 6.69. The molecule has 2 aliphatic rings. The predicted octanol–water partition coefficient (Wildman–Crippen LogP) is 2.90. The van der Waals surface area contributed by atoms with Crippen molar-refractivity contribution in [3.63, 3.8) is 0 Å². The van der Waals surface area contributed by atoms with Crippen molar-refractivity contribution in [2.24, 2.45) is 11.3 Å². The van der Waals surface area contributed by atoms with E-state index in [2.05, 4.69) is 10.6 Å². The van der Waals surface area contributed by atoms with E-state index in [1.54, 1.807) is 0 Å². The van der Waals surface area contributed by atoms with E-state index in [4.69, 9.17) is 0 Å². The highest BCUT2D eigenvalue weighted by atomic mass is 16.4. The monoisotopic (exact) mass is 296 g/mol. The minimum absolute atomic E-state index is 0.223. The van der Waals surface area contributed by atoms with Crippen LogP contribution in [0, 0.1) is 11.3 Å². The molecule has 2 fully saturated rings. The molecule has 0 saturated heterocycles. The highest BCUT2D eigenvalue weighted by Gasteiger charge is 2.39. The molecule has 2 saturated carbocycles. The Balaban J connectivity index is 1.67. The van der Waals surface area contributed by atoms with E-state index in [0.717, 1.165) is 31.6 Å². The first-order chi connectivity index (χ1) is 10.1. The van der Waals surface area contributed by atoms with E-state index in [0.29, 0.717) is 19.4 Å². The minimum atomic E-state index is -0.770. The highest BCUT2D eigenvalue weighted by molar-refractivity contribution is 5.78. The fourth-order valence-corrected chi connectivity index (χ4v) is 3.70. The summed E-state index contributed by atoms with van der Waals surface area (Å²) < 4.78 is 0. The number of urea groups is 1. The Kier molecular flexibility index (Phi) is 5.88. The molecule has 2 amide bonds. The summed E-state index contributed by atoms with van der Waals surface area (Å²) in [6.07, 6.45) is 10.6. The molecule has 0 bridgehead atoms. The smallest absolute Gasteiger partial charge is 0.314 e. The second-order valence-electron chi connectivity index (χ2n) is 6.69. The maximum absolute atomic E-state index is 11.8. The van der Waals surface area contributed by atoms with Crippen LogP contribution in [0.25, 0.3) is 0 Å². The Hall–Kier alpha value is -1.26. The molecule has 0 atom stereocenters. The van der Waals surface area contributed by atoms with Crippen molar-refractivity contribution in [3.8, 4) is 0 Å². The summed E-state index contributed by atoms with van der Waals surface area (Å²) in [5.74, 6) is -0.0116. The van der Waals surface area contributed by atoms with Crippen LogP contribution < -0.4 is 10.6 Å². The molecular formula is C16H28N2O3. The molecule has 0 aromatic carbocycles. The number of carboxylic acid groups (broad SMARTS) is 1. The lowest BCUT2D eigenvalue weighted by molar-refractivity contribution is -0.150. The van der Waals surface area contributed by atoms with Gasteiger partial charge in [-0.2, -0.15) is 0 Å². The predicted molar refractivity (Wildman–Crippen MR) is 81.1 cm³/mol. The van der Waals surface area contributed by atoms with Crippen molar-refractivity contribution in [1.29, 1.82) is 0 Å². The lowest BCUT2D eigenvalue weighted by Gasteiger charge is -2.33. The molecular weight excluding hydrogens is 268 g/mol. The van der Waals surface area contributed by atoms with Crippen LogP contribution in [-0.4, -0.2) is 30.2 Å². The second kappa shape index (κ2) is 7.66. The lowest BCUT2D eigenvalue weighted by Crippen LogP contribution is -2.47. The summed E-state index contributed by atoms with van der Waals surface area (Å²) in [4.78, 5) is 23.3. The van der Waals surface area contributed by atoms with Crippen molar-refractivity contribution in [3.05, 3.63) is 0 Å². The highest BCUT2D eigenvalue weighted by Crippen LogP contribution is 2.36. The number of carboxylic acids is 1. The number of rotatable bonds is 6. The van der Waals surface area contributed by atoms with E-state index in [-0.39, 0.29) is 12.6 Å². The van der Waals surface area contributed by atoms with Crippen molar-refractivity contribution in [2.75, 3.05) is 13.1 Å². The van der Waals surface area contributed by atoms with Crippen LogP contribution in [-0.2, 0) is 4.79 Å². The molecule has 2 rings (SSSR count). The number of carbonyl (C=O) groups excluding carboxylic acids is 1. The van der Waals surface area contributed by atoms with Crippen molar-refractivity contribution in [1.82, 2.24) is 10.6 Å². The number of hydrogen-bond donors (Lipinski definition) is 3. The van der Waals surface area contributed by atoms with Crippen molar-refractivity contribution >= 4 is 12.0 Å². The van der Waals surface area contributed by atoms with Gasteiger partial charge in [0.05, 0.1) is 5.41 Å². The Morgan fingerprint density at radius 2 is 1.67 bits per heavy atom. The summed E-state index contributed by atoms with van der Waals surface area (Å²) in [5, 5.41) is 15.1. The van der Waals surface area contributed by atoms with Gasteiger partial charge in [-0.25, -0.2) is 4.79 Å². The quantitative estimate of drug-likeness (QED) is 0.705. The lowest BCUT2D eigenvalue weighted by atomic mass is 9.74. The Bertz CT molecular complexity index is 359. The third kappa shape index (κ3) is 4.61. The van der Waals surface area contributed by atoms with Crippen LogP contribution in [0.15, 0.2) is 0 Å². The van der Waals surface area contributed by atoms with Gasteiger partial charge in [-0.15, -0.1) is 0 Å². The van der Waals surface area contributed by atoms with Crippen LogP contribution in [0.2, 0.25) is 0 Å². The average molecular weight is 296 g/mol. The van der Waals surface area contributed by atoms with Gasteiger partial charge in [0.15, 0.2) is 0 Å². The molecule has 0 spiro atoms. The molecule has 2 aliphatic carbocycles. The molecule has 0 unspecified atom stereocenters. The number of aliphatic carboxylic acids is 1. The Morgan fingerprint density at radius 3 is 2.29 bits per heavy atom. The third-order valence-corrected chi connectivity index (χ3v) is 5.16. The summed E-state index contributed by atoms with van der Waals surface area (Å²) >= 11 is 0. The summed E-state index contributed by atoms with van der Waals surface area (Å²) in [7, 11) is 0. The molecule has 3 N–H and O–H groups in total. The molecule has 0 heterocycles. The maximum Gasteiger partial charge on any atom is 0.314 e. The number of carbonyl (C=O) groups is 2. The molecule has 120 valence electrons. The first kappa shape index (κ1) is 16.1. The summed E-state index contributed by atoms with van der Waals surface area (Å²) in [6.45, 7) is 0.939. The Morgan fingerprint density at radius 1 is 1.00 bits per heavy atom. The van der Waals surface area contributed by atoms with Gasteiger partial charge in [0, 0.05) is 13.1 Å². The molecule has 21 heavy (non-hydrogen) atoms. The van der Waals surface area contributed by atoms with Crippen LogP contribution in [0.1, 0.15) is 64.2 Å². The average Bonchev–Trinajstić information content (AvgIpc) is 2.99. The van der Waals surface area contributed by atoms with Gasteiger partial charge in [0.25, 0.3) is 0 Å². The molecule has 0 aliphatic heterocycles. The largest absolute Gasteiger partial charge is 0.481 e. The fraction of sp³-hybridized carbons (Fsp3) is 0.875. The number of amides is 2. The van der Waals surface area contributed by atoms with Crippen LogP contribution in [0.5, 0.6) is 0 Å². The normalized spacial score (nSPS) is 21.9. The fourth-order valence-electron chi connectivity index (χ4n) is 3.70. The van der Waals surface area contributed by atoms with Gasteiger partial charge in [-0.1, -0.05) is 44.9 Å². The molecule has 5 nitrogen and oxygen atoms in total. The molecule has 5 heteroatoms. The van der Waals surface area contributed by atoms with Gasteiger partial charge in [-0.3, -0.25) is 4.79 Å². The zero-order chi connectivity index (χ0) is 15.1. The topological polar surface area (TPSA) is 78.4 Å². The molecule has 0 aromatic rings. The van der Waals surface area contributed by atoms with Crippen LogP contribution in [0.3, 0.4) is 0 Å². The van der Waals surface area contributed by atoms with E-state index in [1.807, 2.05) is 0 Å². The first-order valence-electron chi connectivity index (χ1n) is 8.37. The standard InChI is InChI=1S/C16H28N2O3/c19-14(20)16(9-4-1-5-10-16)12-18-15(21)17-11-8-13-6-2-3-7-13/h13H,1-12H2,(H,19,20)(H2,17,18,21). The van der Waals surface area contributed by atoms with E-state index in [1.165, 1.54) is 25.7 Å². The van der Waals surface area contributed by atoms with Crippen LogP contribution >= 0.6 is 0 Å². The molecule has 0 radical (unpaired) electrons. The van der Waals surface area contributed by atoms with E-state index >= 15 is 0 Å². The number of hydrogen-bond acceptors (Lipinski definition) is 2. The Labute approximate surface area is 126 Å². The van der Waals surface area contributed by atoms with Crippen molar-refractivity contribution < 1.29 is 14.7 Å². The first-order valence-corrected chi connectivity index (χ1v) is 8.37. The summed E-state index contributed by atoms with van der Waals surface area (Å²) in [6, 6.07) is -0.223. The summed E-state index contributed by atoms with van der Waals surface area (Å²) in [5.41, 5.74) is -0.749. The zero-order valence-corrected chi connectivity index (χ0v) is 12.8. The number of nitrogens with one attached hydrogen (secondary N) is 2. The van der Waals surface area contributed by atoms with Crippen molar-refractivity contribution in [2.45, 2.75) is 64.2 Å². The third-order valence-electron chi connectivity index (χ3n) is 5.16. The van der Waals surface area contributed by atoms with Gasteiger partial charge in [0.2, 0.25) is 0 Å². The maximum atomic E-state index is 11.8.